The summed E-state index contributed by atoms with van der Waals surface area (Å²) in [4.78, 5) is 17.3. The summed E-state index contributed by atoms with van der Waals surface area (Å²) < 4.78 is 0. The largest absolute Gasteiger partial charge is 0.384 e. The van der Waals surface area contributed by atoms with Crippen LogP contribution in [0.25, 0.3) is 22.4 Å². The molecule has 3 aromatic rings. The van der Waals surface area contributed by atoms with Gasteiger partial charge in [0.1, 0.15) is 5.82 Å². The van der Waals surface area contributed by atoms with Gasteiger partial charge in [0.2, 0.25) is 0 Å². The Morgan fingerprint density at radius 2 is 1.79 bits per heavy atom. The lowest BCUT2D eigenvalue weighted by molar-refractivity contribution is 1.01. The SMILES string of the molecule is CCc1cc(N)nc(-c2ccc3nccnc3c2)n1. The van der Waals surface area contributed by atoms with Gasteiger partial charge in [-0.2, -0.15) is 0 Å². The fraction of sp³-hybridized carbons (Fsp3) is 0.143. The van der Waals surface area contributed by atoms with Crippen molar-refractivity contribution >= 4 is 16.9 Å². The zero-order chi connectivity index (χ0) is 13.2. The molecule has 0 unspecified atom stereocenters. The van der Waals surface area contributed by atoms with Crippen LogP contribution in [0.5, 0.6) is 0 Å². The normalized spacial score (nSPS) is 10.8. The highest BCUT2D eigenvalue weighted by molar-refractivity contribution is 5.79. The van der Waals surface area contributed by atoms with Gasteiger partial charge in [-0.25, -0.2) is 9.97 Å². The fourth-order valence-corrected chi connectivity index (χ4v) is 1.93. The van der Waals surface area contributed by atoms with Crippen molar-refractivity contribution in [1.29, 1.82) is 0 Å². The summed E-state index contributed by atoms with van der Waals surface area (Å²) in [5, 5.41) is 0. The minimum absolute atomic E-state index is 0.487. The van der Waals surface area contributed by atoms with Gasteiger partial charge in [-0.05, 0) is 24.6 Å². The zero-order valence-electron chi connectivity index (χ0n) is 10.5. The van der Waals surface area contributed by atoms with Crippen molar-refractivity contribution in [1.82, 2.24) is 19.9 Å². The van der Waals surface area contributed by atoms with Crippen molar-refractivity contribution in [2.45, 2.75) is 13.3 Å². The molecule has 94 valence electrons. The van der Waals surface area contributed by atoms with Gasteiger partial charge < -0.3 is 5.73 Å². The molecule has 0 bridgehead atoms. The predicted octanol–water partition coefficient (Wildman–Crippen LogP) is 2.23. The fourth-order valence-electron chi connectivity index (χ4n) is 1.93. The van der Waals surface area contributed by atoms with Gasteiger partial charge in [-0.3, -0.25) is 9.97 Å². The maximum Gasteiger partial charge on any atom is 0.161 e. The lowest BCUT2D eigenvalue weighted by atomic mass is 10.1. The Hall–Kier alpha value is -2.56. The van der Waals surface area contributed by atoms with Crippen LogP contribution in [0.1, 0.15) is 12.6 Å². The van der Waals surface area contributed by atoms with E-state index in [2.05, 4.69) is 19.9 Å². The first-order valence-electron chi connectivity index (χ1n) is 6.11. The molecule has 3 rings (SSSR count). The number of benzene rings is 1. The van der Waals surface area contributed by atoms with Crippen LogP contribution < -0.4 is 5.73 Å². The molecule has 2 aromatic heterocycles. The predicted molar refractivity (Wildman–Crippen MR) is 74.4 cm³/mol. The first-order valence-corrected chi connectivity index (χ1v) is 6.11. The summed E-state index contributed by atoms with van der Waals surface area (Å²) >= 11 is 0. The van der Waals surface area contributed by atoms with Gasteiger partial charge in [0.15, 0.2) is 5.82 Å². The van der Waals surface area contributed by atoms with Gasteiger partial charge in [0.05, 0.1) is 11.0 Å². The smallest absolute Gasteiger partial charge is 0.161 e. The molecular weight excluding hydrogens is 238 g/mol. The van der Waals surface area contributed by atoms with E-state index in [1.165, 1.54) is 0 Å². The second-order valence-corrected chi connectivity index (χ2v) is 4.22. The highest BCUT2D eigenvalue weighted by atomic mass is 14.9. The van der Waals surface area contributed by atoms with E-state index in [-0.39, 0.29) is 0 Å². The van der Waals surface area contributed by atoms with Gasteiger partial charge in [0.25, 0.3) is 0 Å². The van der Waals surface area contributed by atoms with Crippen molar-refractivity contribution < 1.29 is 0 Å². The molecule has 0 amide bonds. The van der Waals surface area contributed by atoms with Crippen LogP contribution in [0.2, 0.25) is 0 Å². The third-order valence-corrected chi connectivity index (χ3v) is 2.89. The summed E-state index contributed by atoms with van der Waals surface area (Å²) in [6, 6.07) is 7.57. The van der Waals surface area contributed by atoms with Crippen LogP contribution in [0.3, 0.4) is 0 Å². The summed E-state index contributed by atoms with van der Waals surface area (Å²) in [5.41, 5.74) is 9.31. The molecule has 19 heavy (non-hydrogen) atoms. The summed E-state index contributed by atoms with van der Waals surface area (Å²) in [7, 11) is 0. The number of fused-ring (bicyclic) bond motifs is 1. The molecule has 0 radical (unpaired) electrons. The molecule has 0 aliphatic heterocycles. The minimum atomic E-state index is 0.487. The topological polar surface area (TPSA) is 77.6 Å². The second kappa shape index (κ2) is 4.61. The zero-order valence-corrected chi connectivity index (χ0v) is 10.5. The third kappa shape index (κ3) is 2.22. The molecule has 5 nitrogen and oxygen atoms in total. The summed E-state index contributed by atoms with van der Waals surface area (Å²) in [6.45, 7) is 2.04. The van der Waals surface area contributed by atoms with Crippen LogP contribution in [-0.4, -0.2) is 19.9 Å². The van der Waals surface area contributed by atoms with Crippen LogP contribution in [0, 0.1) is 0 Å². The number of rotatable bonds is 2. The Morgan fingerprint density at radius 3 is 2.58 bits per heavy atom. The first-order chi connectivity index (χ1) is 9.26. The summed E-state index contributed by atoms with van der Waals surface area (Å²) in [6.07, 6.45) is 4.17. The van der Waals surface area contributed by atoms with Crippen LogP contribution >= 0.6 is 0 Å². The van der Waals surface area contributed by atoms with E-state index in [9.17, 15) is 0 Å². The Labute approximate surface area is 110 Å². The average Bonchev–Trinajstić information content (AvgIpc) is 2.46. The van der Waals surface area contributed by atoms with E-state index in [1.807, 2.05) is 25.1 Å². The number of nitrogens with zero attached hydrogens (tertiary/aromatic N) is 4. The number of anilines is 1. The van der Waals surface area contributed by atoms with Crippen molar-refractivity contribution in [3.05, 3.63) is 42.4 Å². The Morgan fingerprint density at radius 1 is 1.00 bits per heavy atom. The van der Waals surface area contributed by atoms with Crippen molar-refractivity contribution in [3.63, 3.8) is 0 Å². The molecule has 0 aliphatic rings. The van der Waals surface area contributed by atoms with Gasteiger partial charge in [-0.1, -0.05) is 6.92 Å². The lowest BCUT2D eigenvalue weighted by Gasteiger charge is -2.05. The molecule has 0 spiro atoms. The van der Waals surface area contributed by atoms with E-state index in [0.29, 0.717) is 11.6 Å². The monoisotopic (exact) mass is 251 g/mol. The number of aromatic nitrogens is 4. The van der Waals surface area contributed by atoms with E-state index in [0.717, 1.165) is 28.7 Å². The molecule has 2 heterocycles. The third-order valence-electron chi connectivity index (χ3n) is 2.89. The number of nitrogens with two attached hydrogens (primary N) is 1. The van der Waals surface area contributed by atoms with Gasteiger partial charge >= 0.3 is 0 Å². The Balaban J connectivity index is 2.15. The number of aryl methyl sites for hydroxylation is 1. The van der Waals surface area contributed by atoms with Crippen molar-refractivity contribution in [3.8, 4) is 11.4 Å². The van der Waals surface area contributed by atoms with Gasteiger partial charge in [-0.15, -0.1) is 0 Å². The Bertz CT molecular complexity index is 739. The maximum atomic E-state index is 5.81. The molecule has 0 aliphatic carbocycles. The van der Waals surface area contributed by atoms with Crippen molar-refractivity contribution in [2.75, 3.05) is 5.73 Å². The molecule has 0 saturated carbocycles. The quantitative estimate of drug-likeness (QED) is 0.755. The molecule has 0 saturated heterocycles. The molecule has 2 N–H and O–H groups in total. The van der Waals surface area contributed by atoms with Crippen LogP contribution in [0.15, 0.2) is 36.7 Å². The van der Waals surface area contributed by atoms with Crippen LogP contribution in [-0.2, 0) is 6.42 Å². The number of hydrogen-bond donors (Lipinski definition) is 1. The van der Waals surface area contributed by atoms with Gasteiger partial charge in [0, 0.05) is 29.7 Å². The van der Waals surface area contributed by atoms with E-state index < -0.39 is 0 Å². The van der Waals surface area contributed by atoms with Crippen LogP contribution in [0.4, 0.5) is 5.82 Å². The molecule has 0 fully saturated rings. The maximum absolute atomic E-state index is 5.81. The average molecular weight is 251 g/mol. The standard InChI is InChI=1S/C14H13N5/c1-2-10-8-13(15)19-14(18-10)9-3-4-11-12(7-9)17-6-5-16-11/h3-8H,2H2,1H3,(H2,15,18,19). The van der Waals surface area contributed by atoms with Crippen molar-refractivity contribution in [2.24, 2.45) is 0 Å². The summed E-state index contributed by atoms with van der Waals surface area (Å²) in [5.74, 6) is 1.12. The number of nitrogen functional groups attached to an aromatic ring is 1. The van der Waals surface area contributed by atoms with E-state index in [1.54, 1.807) is 18.5 Å². The van der Waals surface area contributed by atoms with E-state index in [4.69, 9.17) is 5.73 Å². The second-order valence-electron chi connectivity index (χ2n) is 4.22. The molecule has 5 heteroatoms. The molecule has 0 atom stereocenters. The minimum Gasteiger partial charge on any atom is -0.384 e. The first kappa shape index (κ1) is 11.5. The van der Waals surface area contributed by atoms with E-state index >= 15 is 0 Å². The highest BCUT2D eigenvalue weighted by Crippen LogP contribution is 2.20. The molecular formula is C14H13N5. The highest BCUT2D eigenvalue weighted by Gasteiger charge is 2.06. The molecule has 1 aromatic carbocycles. The lowest BCUT2D eigenvalue weighted by Crippen LogP contribution is -1.99. The Kier molecular flexibility index (Phi) is 2.79. The number of hydrogen-bond acceptors (Lipinski definition) is 5.